The average molecular weight is 269 g/mol. The third-order valence-electron chi connectivity index (χ3n) is 3.49. The van der Waals surface area contributed by atoms with Crippen LogP contribution in [0.25, 0.3) is 0 Å². The summed E-state index contributed by atoms with van der Waals surface area (Å²) in [7, 11) is 0. The van der Waals surface area contributed by atoms with Crippen LogP contribution in [0.5, 0.6) is 0 Å². The van der Waals surface area contributed by atoms with Crippen molar-refractivity contribution in [2.45, 2.75) is 38.8 Å². The molecule has 1 aromatic rings. The number of ether oxygens (including phenoxy) is 2. The van der Waals surface area contributed by atoms with Crippen LogP contribution in [0.3, 0.4) is 0 Å². The van der Waals surface area contributed by atoms with Crippen LogP contribution >= 0.6 is 11.3 Å². The van der Waals surface area contributed by atoms with Gasteiger partial charge >= 0.3 is 0 Å². The molecule has 2 heterocycles. The minimum absolute atomic E-state index is 0.0298. The van der Waals surface area contributed by atoms with Gasteiger partial charge in [0.05, 0.1) is 6.61 Å². The summed E-state index contributed by atoms with van der Waals surface area (Å²) < 4.78 is 11.5. The van der Waals surface area contributed by atoms with E-state index in [-0.39, 0.29) is 12.1 Å². The maximum Gasteiger partial charge on any atom is 0.107 e. The molecule has 18 heavy (non-hydrogen) atoms. The first-order valence-electron chi connectivity index (χ1n) is 6.67. The molecule has 0 aromatic carbocycles. The molecular formula is C14H23NO2S. The second-order valence-electron chi connectivity index (χ2n) is 5.14. The SMILES string of the molecule is Cc1ccsc1C(OCC1CCOCC1)C(C)N. The topological polar surface area (TPSA) is 44.5 Å². The Morgan fingerprint density at radius 2 is 2.22 bits per heavy atom. The van der Waals surface area contributed by atoms with Gasteiger partial charge in [0, 0.05) is 24.1 Å². The smallest absolute Gasteiger partial charge is 0.107 e. The first-order valence-corrected chi connectivity index (χ1v) is 7.55. The van der Waals surface area contributed by atoms with Crippen LogP contribution in [-0.4, -0.2) is 25.9 Å². The lowest BCUT2D eigenvalue weighted by molar-refractivity contribution is -0.0176. The highest BCUT2D eigenvalue weighted by molar-refractivity contribution is 7.10. The molecule has 2 rings (SSSR count). The van der Waals surface area contributed by atoms with Crippen LogP contribution in [0.1, 0.15) is 36.3 Å². The van der Waals surface area contributed by atoms with Gasteiger partial charge in [-0.05, 0) is 49.6 Å². The van der Waals surface area contributed by atoms with Crippen molar-refractivity contribution >= 4 is 11.3 Å². The molecule has 1 fully saturated rings. The van der Waals surface area contributed by atoms with Crippen LogP contribution in [0.4, 0.5) is 0 Å². The molecular weight excluding hydrogens is 246 g/mol. The monoisotopic (exact) mass is 269 g/mol. The number of thiophene rings is 1. The van der Waals surface area contributed by atoms with Gasteiger partial charge in [-0.25, -0.2) is 0 Å². The van der Waals surface area contributed by atoms with E-state index in [9.17, 15) is 0 Å². The molecule has 1 aromatic heterocycles. The maximum atomic E-state index is 6.10. The lowest BCUT2D eigenvalue weighted by Crippen LogP contribution is -2.29. The molecule has 2 unspecified atom stereocenters. The van der Waals surface area contributed by atoms with Crippen LogP contribution < -0.4 is 5.73 Å². The van der Waals surface area contributed by atoms with Crippen molar-refractivity contribution in [3.8, 4) is 0 Å². The summed E-state index contributed by atoms with van der Waals surface area (Å²) in [4.78, 5) is 1.28. The molecule has 0 saturated carbocycles. The number of nitrogens with two attached hydrogens (primary N) is 1. The Morgan fingerprint density at radius 1 is 1.50 bits per heavy atom. The van der Waals surface area contributed by atoms with Gasteiger partial charge in [0.15, 0.2) is 0 Å². The van der Waals surface area contributed by atoms with Gasteiger partial charge in [0.2, 0.25) is 0 Å². The Kier molecular flexibility index (Phi) is 5.18. The van der Waals surface area contributed by atoms with Crippen molar-refractivity contribution < 1.29 is 9.47 Å². The van der Waals surface area contributed by atoms with Crippen molar-refractivity contribution in [2.75, 3.05) is 19.8 Å². The highest BCUT2D eigenvalue weighted by atomic mass is 32.1. The molecule has 1 aliphatic rings. The Balaban J connectivity index is 1.92. The van der Waals surface area contributed by atoms with Crippen LogP contribution in [-0.2, 0) is 9.47 Å². The van der Waals surface area contributed by atoms with E-state index in [1.165, 1.54) is 10.4 Å². The van der Waals surface area contributed by atoms with Gasteiger partial charge in [0.25, 0.3) is 0 Å². The number of rotatable bonds is 5. The number of aryl methyl sites for hydroxylation is 1. The first-order chi connectivity index (χ1) is 8.68. The first kappa shape index (κ1) is 14.0. The fourth-order valence-corrected chi connectivity index (χ4v) is 3.38. The fourth-order valence-electron chi connectivity index (χ4n) is 2.29. The highest BCUT2D eigenvalue weighted by Crippen LogP contribution is 2.30. The van der Waals surface area contributed by atoms with E-state index in [0.717, 1.165) is 32.7 Å². The van der Waals surface area contributed by atoms with E-state index >= 15 is 0 Å². The minimum Gasteiger partial charge on any atom is -0.381 e. The van der Waals surface area contributed by atoms with E-state index < -0.39 is 0 Å². The van der Waals surface area contributed by atoms with Crippen molar-refractivity contribution in [3.05, 3.63) is 21.9 Å². The third kappa shape index (κ3) is 3.54. The average Bonchev–Trinajstić information content (AvgIpc) is 2.77. The molecule has 102 valence electrons. The standard InChI is InChI=1S/C14H23NO2S/c1-10-5-8-18-14(10)13(11(2)15)17-9-12-3-6-16-7-4-12/h5,8,11-13H,3-4,6-7,9,15H2,1-2H3. The second-order valence-corrected chi connectivity index (χ2v) is 6.08. The zero-order valence-electron chi connectivity index (χ0n) is 11.2. The van der Waals surface area contributed by atoms with Gasteiger partial charge in [-0.1, -0.05) is 0 Å². The molecule has 1 aliphatic heterocycles. The van der Waals surface area contributed by atoms with E-state index in [1.807, 2.05) is 6.92 Å². The molecule has 0 radical (unpaired) electrons. The number of hydrogen-bond donors (Lipinski definition) is 1. The quantitative estimate of drug-likeness (QED) is 0.894. The van der Waals surface area contributed by atoms with Crippen LogP contribution in [0.15, 0.2) is 11.4 Å². The normalized spacial score (nSPS) is 20.8. The second kappa shape index (κ2) is 6.66. The number of hydrogen-bond acceptors (Lipinski definition) is 4. The Morgan fingerprint density at radius 3 is 2.78 bits per heavy atom. The zero-order valence-corrected chi connectivity index (χ0v) is 12.0. The molecule has 0 aliphatic carbocycles. The van der Waals surface area contributed by atoms with Gasteiger partial charge in [-0.3, -0.25) is 0 Å². The molecule has 2 atom stereocenters. The summed E-state index contributed by atoms with van der Waals surface area (Å²) in [6.45, 7) is 6.68. The molecule has 4 heteroatoms. The van der Waals surface area contributed by atoms with E-state index in [1.54, 1.807) is 11.3 Å². The van der Waals surface area contributed by atoms with Crippen molar-refractivity contribution in [3.63, 3.8) is 0 Å². The predicted molar refractivity (Wildman–Crippen MR) is 74.9 cm³/mol. The summed E-state index contributed by atoms with van der Waals surface area (Å²) in [6.07, 6.45) is 2.25. The third-order valence-corrected chi connectivity index (χ3v) is 4.57. The summed E-state index contributed by atoms with van der Waals surface area (Å²) in [6, 6.07) is 2.16. The lowest BCUT2D eigenvalue weighted by Gasteiger charge is -2.26. The summed E-state index contributed by atoms with van der Waals surface area (Å²) in [5, 5.41) is 2.11. The fraction of sp³-hybridized carbons (Fsp3) is 0.714. The molecule has 0 bridgehead atoms. The Bertz CT molecular complexity index is 358. The van der Waals surface area contributed by atoms with Gasteiger partial charge in [-0.2, -0.15) is 0 Å². The van der Waals surface area contributed by atoms with Crippen molar-refractivity contribution in [1.29, 1.82) is 0 Å². The van der Waals surface area contributed by atoms with Crippen LogP contribution in [0, 0.1) is 12.8 Å². The molecule has 0 amide bonds. The lowest BCUT2D eigenvalue weighted by atomic mass is 10.0. The van der Waals surface area contributed by atoms with Crippen molar-refractivity contribution in [2.24, 2.45) is 11.7 Å². The highest BCUT2D eigenvalue weighted by Gasteiger charge is 2.22. The van der Waals surface area contributed by atoms with Crippen LogP contribution in [0.2, 0.25) is 0 Å². The molecule has 1 saturated heterocycles. The van der Waals surface area contributed by atoms with E-state index in [0.29, 0.717) is 5.92 Å². The van der Waals surface area contributed by atoms with Gasteiger partial charge < -0.3 is 15.2 Å². The van der Waals surface area contributed by atoms with Gasteiger partial charge in [-0.15, -0.1) is 11.3 Å². The predicted octanol–water partition coefficient (Wildman–Crippen LogP) is 2.89. The molecule has 3 nitrogen and oxygen atoms in total. The Hall–Kier alpha value is -0.420. The van der Waals surface area contributed by atoms with Crippen molar-refractivity contribution in [1.82, 2.24) is 0 Å². The van der Waals surface area contributed by atoms with Gasteiger partial charge in [0.1, 0.15) is 6.10 Å². The molecule has 0 spiro atoms. The summed E-state index contributed by atoms with van der Waals surface area (Å²) in [5.74, 6) is 0.625. The summed E-state index contributed by atoms with van der Waals surface area (Å²) >= 11 is 1.74. The largest absolute Gasteiger partial charge is 0.381 e. The molecule has 2 N–H and O–H groups in total. The maximum absolute atomic E-state index is 6.10. The minimum atomic E-state index is 0.0298. The Labute approximate surface area is 113 Å². The summed E-state index contributed by atoms with van der Waals surface area (Å²) in [5.41, 5.74) is 7.36. The van der Waals surface area contributed by atoms with E-state index in [2.05, 4.69) is 18.4 Å². The van der Waals surface area contributed by atoms with E-state index in [4.69, 9.17) is 15.2 Å². The zero-order chi connectivity index (χ0) is 13.0.